The van der Waals surface area contributed by atoms with Crippen LogP contribution in [0.3, 0.4) is 0 Å². The Bertz CT molecular complexity index is 616. The SMILES string of the molecule is CCCCC(=O)n1c(C)cc2cc(OC)c(Br)cc21. The minimum absolute atomic E-state index is 0.159. The molecule has 0 radical (unpaired) electrons. The lowest BCUT2D eigenvalue weighted by Crippen LogP contribution is -2.11. The third-order valence-electron chi connectivity index (χ3n) is 3.25. The van der Waals surface area contributed by atoms with Crippen molar-refractivity contribution in [1.82, 2.24) is 4.57 Å². The molecule has 0 aliphatic heterocycles. The van der Waals surface area contributed by atoms with Crippen molar-refractivity contribution in [3.05, 3.63) is 28.4 Å². The van der Waals surface area contributed by atoms with Crippen molar-refractivity contribution < 1.29 is 9.53 Å². The Morgan fingerprint density at radius 3 is 2.74 bits per heavy atom. The Kier molecular flexibility index (Phi) is 4.30. The highest BCUT2D eigenvalue weighted by Crippen LogP contribution is 2.32. The van der Waals surface area contributed by atoms with Crippen molar-refractivity contribution in [2.24, 2.45) is 0 Å². The van der Waals surface area contributed by atoms with Crippen molar-refractivity contribution in [1.29, 1.82) is 0 Å². The number of carbonyl (C=O) groups is 1. The number of methoxy groups -OCH3 is 1. The van der Waals surface area contributed by atoms with Crippen molar-refractivity contribution in [3.63, 3.8) is 0 Å². The molecule has 0 saturated carbocycles. The van der Waals surface area contributed by atoms with Crippen molar-refractivity contribution in [2.45, 2.75) is 33.1 Å². The summed E-state index contributed by atoms with van der Waals surface area (Å²) in [6.07, 6.45) is 2.54. The summed E-state index contributed by atoms with van der Waals surface area (Å²) in [5, 5.41) is 1.03. The smallest absolute Gasteiger partial charge is 0.231 e. The number of benzene rings is 1. The third kappa shape index (κ3) is 2.68. The van der Waals surface area contributed by atoms with Gasteiger partial charge in [-0.3, -0.25) is 9.36 Å². The number of aryl methyl sites for hydroxylation is 1. The summed E-state index contributed by atoms with van der Waals surface area (Å²) in [5.41, 5.74) is 1.91. The molecule has 3 nitrogen and oxygen atoms in total. The van der Waals surface area contributed by atoms with Gasteiger partial charge in [-0.2, -0.15) is 0 Å². The van der Waals surface area contributed by atoms with E-state index in [1.54, 1.807) is 11.7 Å². The number of rotatable bonds is 4. The standard InChI is InChI=1S/C15H18BrNO2/c1-4-5-6-15(18)17-10(2)7-11-8-14(19-3)12(16)9-13(11)17/h7-9H,4-6H2,1-3H3. The predicted octanol–water partition coefficient (Wildman–Crippen LogP) is 4.55. The normalized spacial score (nSPS) is 10.9. The van der Waals surface area contributed by atoms with Crippen LogP contribution in [0.15, 0.2) is 22.7 Å². The van der Waals surface area contributed by atoms with Crippen molar-refractivity contribution >= 4 is 32.7 Å². The van der Waals surface area contributed by atoms with E-state index in [0.717, 1.165) is 39.7 Å². The molecular weight excluding hydrogens is 306 g/mol. The molecule has 0 unspecified atom stereocenters. The molecule has 0 saturated heterocycles. The number of carbonyl (C=O) groups excluding carboxylic acids is 1. The third-order valence-corrected chi connectivity index (χ3v) is 3.87. The first-order valence-corrected chi connectivity index (χ1v) is 7.26. The fourth-order valence-electron chi connectivity index (χ4n) is 2.27. The van der Waals surface area contributed by atoms with Gasteiger partial charge in [-0.25, -0.2) is 0 Å². The highest BCUT2D eigenvalue weighted by Gasteiger charge is 2.14. The molecule has 0 aliphatic rings. The molecule has 0 spiro atoms. The lowest BCUT2D eigenvalue weighted by Gasteiger charge is -2.08. The van der Waals surface area contributed by atoms with E-state index >= 15 is 0 Å². The number of fused-ring (bicyclic) bond motifs is 1. The van der Waals surface area contributed by atoms with E-state index in [2.05, 4.69) is 22.9 Å². The number of hydrogen-bond donors (Lipinski definition) is 0. The van der Waals surface area contributed by atoms with Crippen LogP contribution in [0.25, 0.3) is 10.9 Å². The van der Waals surface area contributed by atoms with E-state index in [1.165, 1.54) is 0 Å². The molecule has 0 aliphatic carbocycles. The minimum Gasteiger partial charge on any atom is -0.496 e. The Hall–Kier alpha value is -1.29. The van der Waals surface area contributed by atoms with E-state index in [1.807, 2.05) is 25.1 Å². The lowest BCUT2D eigenvalue weighted by molar-refractivity contribution is 0.0903. The molecule has 1 aromatic carbocycles. The number of aromatic nitrogens is 1. The van der Waals surface area contributed by atoms with Crippen LogP contribution in [0.4, 0.5) is 0 Å². The number of hydrogen-bond acceptors (Lipinski definition) is 2. The molecule has 0 atom stereocenters. The zero-order valence-corrected chi connectivity index (χ0v) is 13.1. The van der Waals surface area contributed by atoms with Crippen LogP contribution in [-0.2, 0) is 0 Å². The second kappa shape index (κ2) is 5.78. The highest BCUT2D eigenvalue weighted by atomic mass is 79.9. The molecule has 1 heterocycles. The van der Waals surface area contributed by atoms with Gasteiger partial charge in [-0.05, 0) is 47.5 Å². The average Bonchev–Trinajstić information content (AvgIpc) is 2.70. The van der Waals surface area contributed by atoms with Crippen LogP contribution >= 0.6 is 15.9 Å². The monoisotopic (exact) mass is 323 g/mol. The predicted molar refractivity (Wildman–Crippen MR) is 81.1 cm³/mol. The van der Waals surface area contributed by atoms with Crippen LogP contribution in [0.1, 0.15) is 36.7 Å². The fourth-order valence-corrected chi connectivity index (χ4v) is 2.77. The summed E-state index contributed by atoms with van der Waals surface area (Å²) in [5.74, 6) is 0.942. The van der Waals surface area contributed by atoms with Gasteiger partial charge in [0.1, 0.15) is 5.75 Å². The lowest BCUT2D eigenvalue weighted by atomic mass is 10.2. The average molecular weight is 324 g/mol. The number of halogens is 1. The maximum atomic E-state index is 12.3. The summed E-state index contributed by atoms with van der Waals surface area (Å²) in [6, 6.07) is 5.93. The molecule has 0 bridgehead atoms. The van der Waals surface area contributed by atoms with Crippen molar-refractivity contribution in [2.75, 3.05) is 7.11 Å². The summed E-state index contributed by atoms with van der Waals surface area (Å²) in [4.78, 5) is 12.3. The first kappa shape index (κ1) is 14.1. The molecule has 0 fully saturated rings. The van der Waals surface area contributed by atoms with Crippen LogP contribution in [0.2, 0.25) is 0 Å². The fraction of sp³-hybridized carbons (Fsp3) is 0.400. The molecule has 2 aromatic rings. The van der Waals surface area contributed by atoms with Gasteiger partial charge in [0.05, 0.1) is 17.1 Å². The van der Waals surface area contributed by atoms with Crippen LogP contribution in [0.5, 0.6) is 5.75 Å². The van der Waals surface area contributed by atoms with Gasteiger partial charge in [-0.1, -0.05) is 13.3 Å². The Balaban J connectivity index is 2.52. The van der Waals surface area contributed by atoms with E-state index in [0.29, 0.717) is 6.42 Å². The van der Waals surface area contributed by atoms with Gasteiger partial charge in [0.2, 0.25) is 5.91 Å². The zero-order valence-electron chi connectivity index (χ0n) is 11.5. The largest absolute Gasteiger partial charge is 0.496 e. The van der Waals surface area contributed by atoms with Crippen LogP contribution in [-0.4, -0.2) is 17.6 Å². The highest BCUT2D eigenvalue weighted by molar-refractivity contribution is 9.10. The van der Waals surface area contributed by atoms with Gasteiger partial charge in [0.25, 0.3) is 0 Å². The van der Waals surface area contributed by atoms with Gasteiger partial charge in [0, 0.05) is 17.5 Å². The quantitative estimate of drug-likeness (QED) is 0.826. The first-order valence-electron chi connectivity index (χ1n) is 6.47. The maximum Gasteiger partial charge on any atom is 0.231 e. The minimum atomic E-state index is 0.159. The molecular formula is C15H18BrNO2. The zero-order chi connectivity index (χ0) is 14.0. The first-order chi connectivity index (χ1) is 9.08. The topological polar surface area (TPSA) is 31.2 Å². The van der Waals surface area contributed by atoms with Gasteiger partial charge >= 0.3 is 0 Å². The molecule has 1 aromatic heterocycles. The van der Waals surface area contributed by atoms with E-state index < -0.39 is 0 Å². The summed E-state index contributed by atoms with van der Waals surface area (Å²) in [6.45, 7) is 4.06. The van der Waals surface area contributed by atoms with Crippen LogP contribution in [0, 0.1) is 6.92 Å². The number of nitrogens with zero attached hydrogens (tertiary/aromatic N) is 1. The molecule has 102 valence electrons. The Labute approximate surface area is 121 Å². The van der Waals surface area contributed by atoms with E-state index in [9.17, 15) is 4.79 Å². The Morgan fingerprint density at radius 1 is 1.37 bits per heavy atom. The van der Waals surface area contributed by atoms with E-state index in [-0.39, 0.29) is 5.91 Å². The van der Waals surface area contributed by atoms with Crippen molar-refractivity contribution in [3.8, 4) is 5.75 Å². The summed E-state index contributed by atoms with van der Waals surface area (Å²) >= 11 is 3.47. The molecule has 19 heavy (non-hydrogen) atoms. The molecule has 4 heteroatoms. The maximum absolute atomic E-state index is 12.3. The second-order valence-electron chi connectivity index (χ2n) is 4.66. The summed E-state index contributed by atoms with van der Waals surface area (Å²) in [7, 11) is 1.64. The van der Waals surface area contributed by atoms with Gasteiger partial charge < -0.3 is 4.74 Å². The number of ether oxygens (including phenoxy) is 1. The molecule has 0 amide bonds. The van der Waals surface area contributed by atoms with E-state index in [4.69, 9.17) is 4.74 Å². The Morgan fingerprint density at radius 2 is 2.11 bits per heavy atom. The number of unbranched alkanes of at least 4 members (excludes halogenated alkanes) is 1. The molecule has 0 N–H and O–H groups in total. The van der Waals surface area contributed by atoms with Gasteiger partial charge in [-0.15, -0.1) is 0 Å². The molecule has 2 rings (SSSR count). The second-order valence-corrected chi connectivity index (χ2v) is 5.52. The van der Waals surface area contributed by atoms with Crippen LogP contribution < -0.4 is 4.74 Å². The summed E-state index contributed by atoms with van der Waals surface area (Å²) < 4.78 is 7.95. The van der Waals surface area contributed by atoms with Gasteiger partial charge in [0.15, 0.2) is 0 Å².